The van der Waals surface area contributed by atoms with Crippen molar-refractivity contribution in [1.29, 1.82) is 0 Å². The van der Waals surface area contributed by atoms with E-state index < -0.39 is 5.91 Å². The summed E-state index contributed by atoms with van der Waals surface area (Å²) in [4.78, 5) is 10.9. The summed E-state index contributed by atoms with van der Waals surface area (Å²) in [7, 11) is 0. The molecular formula is C8H11N3O. The van der Waals surface area contributed by atoms with E-state index in [-0.39, 0.29) is 0 Å². The van der Waals surface area contributed by atoms with Crippen LogP contribution in [0.2, 0.25) is 0 Å². The molecular weight excluding hydrogens is 154 g/mol. The second-order valence-electron chi connectivity index (χ2n) is 3.11. The van der Waals surface area contributed by atoms with E-state index in [1.165, 1.54) is 5.69 Å². The number of carbonyl (C=O) groups is 1. The lowest BCUT2D eigenvalue weighted by Gasteiger charge is -1.91. The molecule has 0 unspecified atom stereocenters. The van der Waals surface area contributed by atoms with E-state index in [1.807, 2.05) is 11.6 Å². The summed E-state index contributed by atoms with van der Waals surface area (Å²) in [6.45, 7) is 2.83. The van der Waals surface area contributed by atoms with Gasteiger partial charge in [-0.3, -0.25) is 9.48 Å². The largest absolute Gasteiger partial charge is 0.364 e. The monoisotopic (exact) mass is 165 g/mol. The van der Waals surface area contributed by atoms with Gasteiger partial charge in [-0.2, -0.15) is 5.10 Å². The lowest BCUT2D eigenvalue weighted by atomic mass is 10.1. The van der Waals surface area contributed by atoms with Gasteiger partial charge in [0.2, 0.25) is 0 Å². The van der Waals surface area contributed by atoms with Gasteiger partial charge in [0.25, 0.3) is 5.91 Å². The summed E-state index contributed by atoms with van der Waals surface area (Å²) in [5.74, 6) is -0.422. The van der Waals surface area contributed by atoms with Gasteiger partial charge in [-0.15, -0.1) is 0 Å². The lowest BCUT2D eigenvalue weighted by molar-refractivity contribution is 0.0994. The molecule has 0 spiro atoms. The van der Waals surface area contributed by atoms with E-state index in [4.69, 9.17) is 5.73 Å². The van der Waals surface area contributed by atoms with Gasteiger partial charge in [-0.25, -0.2) is 0 Å². The normalized spacial score (nSPS) is 14.8. The average Bonchev–Trinajstić information content (AvgIpc) is 2.53. The van der Waals surface area contributed by atoms with Gasteiger partial charge in [0.15, 0.2) is 5.69 Å². The van der Waals surface area contributed by atoms with Crippen LogP contribution < -0.4 is 5.73 Å². The molecule has 0 radical (unpaired) electrons. The van der Waals surface area contributed by atoms with E-state index >= 15 is 0 Å². The van der Waals surface area contributed by atoms with E-state index in [9.17, 15) is 4.79 Å². The average molecular weight is 165 g/mol. The number of amides is 1. The van der Waals surface area contributed by atoms with Crippen molar-refractivity contribution in [3.63, 3.8) is 0 Å². The molecule has 0 aromatic carbocycles. The van der Waals surface area contributed by atoms with Gasteiger partial charge in [-0.1, -0.05) is 0 Å². The molecule has 1 aromatic rings. The Morgan fingerprint density at radius 1 is 1.67 bits per heavy atom. The topological polar surface area (TPSA) is 60.9 Å². The third kappa shape index (κ3) is 0.841. The van der Waals surface area contributed by atoms with E-state index in [1.54, 1.807) is 0 Å². The summed E-state index contributed by atoms with van der Waals surface area (Å²) >= 11 is 0. The quantitative estimate of drug-likeness (QED) is 0.647. The number of aromatic nitrogens is 2. The molecule has 2 rings (SSSR count). The van der Waals surface area contributed by atoms with Crippen molar-refractivity contribution < 1.29 is 4.79 Å². The Balaban J connectivity index is 2.54. The van der Waals surface area contributed by atoms with Crippen molar-refractivity contribution in [2.24, 2.45) is 5.73 Å². The second kappa shape index (κ2) is 2.33. The first-order valence-electron chi connectivity index (χ1n) is 4.06. The zero-order valence-corrected chi connectivity index (χ0v) is 7.00. The van der Waals surface area contributed by atoms with Gasteiger partial charge >= 0.3 is 0 Å². The molecule has 2 heterocycles. The lowest BCUT2D eigenvalue weighted by Crippen LogP contribution is -2.13. The Labute approximate surface area is 70.4 Å². The number of nitrogens with zero attached hydrogens (tertiary/aromatic N) is 2. The molecule has 0 saturated heterocycles. The number of nitrogens with two attached hydrogens (primary N) is 1. The maximum Gasteiger partial charge on any atom is 0.269 e. The van der Waals surface area contributed by atoms with Crippen LogP contribution in [0.25, 0.3) is 0 Å². The Morgan fingerprint density at radius 3 is 3.00 bits per heavy atom. The summed E-state index contributed by atoms with van der Waals surface area (Å²) in [5.41, 5.74) is 7.72. The summed E-state index contributed by atoms with van der Waals surface area (Å²) in [6, 6.07) is 0. The maximum absolute atomic E-state index is 10.9. The Kier molecular flexibility index (Phi) is 1.43. The van der Waals surface area contributed by atoms with Gasteiger partial charge in [0.05, 0.1) is 0 Å². The molecule has 0 bridgehead atoms. The van der Waals surface area contributed by atoms with Crippen LogP contribution in [-0.4, -0.2) is 15.7 Å². The van der Waals surface area contributed by atoms with Crippen molar-refractivity contribution in [3.8, 4) is 0 Å². The van der Waals surface area contributed by atoms with Crippen LogP contribution in [0.1, 0.15) is 28.2 Å². The van der Waals surface area contributed by atoms with E-state index in [2.05, 4.69) is 5.10 Å². The Morgan fingerprint density at radius 2 is 2.42 bits per heavy atom. The van der Waals surface area contributed by atoms with Gasteiger partial charge < -0.3 is 5.73 Å². The summed E-state index contributed by atoms with van der Waals surface area (Å²) in [5, 5.41) is 4.13. The van der Waals surface area contributed by atoms with E-state index in [0.717, 1.165) is 24.9 Å². The third-order valence-electron chi connectivity index (χ3n) is 2.34. The first-order valence-corrected chi connectivity index (χ1v) is 4.06. The number of hydrogen-bond donors (Lipinski definition) is 1. The van der Waals surface area contributed by atoms with Gasteiger partial charge in [-0.05, 0) is 19.8 Å². The zero-order valence-electron chi connectivity index (χ0n) is 7.00. The number of rotatable bonds is 1. The molecule has 0 saturated carbocycles. The molecule has 0 fully saturated rings. The first-order chi connectivity index (χ1) is 5.70. The van der Waals surface area contributed by atoms with Crippen LogP contribution in [0.15, 0.2) is 0 Å². The molecule has 4 nitrogen and oxygen atoms in total. The van der Waals surface area contributed by atoms with Crippen LogP contribution in [0.5, 0.6) is 0 Å². The van der Waals surface area contributed by atoms with Crippen molar-refractivity contribution in [1.82, 2.24) is 9.78 Å². The molecule has 1 amide bonds. The standard InChI is InChI=1S/C8H11N3O/c1-5-6-3-2-4-11(6)10-7(5)8(9)12/h2-4H2,1H3,(H2,9,12). The molecule has 2 N–H and O–H groups in total. The molecule has 4 heteroatoms. The fourth-order valence-electron chi connectivity index (χ4n) is 1.72. The minimum Gasteiger partial charge on any atom is -0.364 e. The zero-order chi connectivity index (χ0) is 8.72. The van der Waals surface area contributed by atoms with Crippen molar-refractivity contribution in [3.05, 3.63) is 17.0 Å². The van der Waals surface area contributed by atoms with E-state index in [0.29, 0.717) is 5.69 Å². The third-order valence-corrected chi connectivity index (χ3v) is 2.34. The fourth-order valence-corrected chi connectivity index (χ4v) is 1.72. The number of hydrogen-bond acceptors (Lipinski definition) is 2. The molecule has 1 aliphatic heterocycles. The summed E-state index contributed by atoms with van der Waals surface area (Å²) < 4.78 is 1.88. The number of aryl methyl sites for hydroxylation is 1. The van der Waals surface area contributed by atoms with Crippen LogP contribution in [0.3, 0.4) is 0 Å². The highest BCUT2D eigenvalue weighted by atomic mass is 16.1. The molecule has 1 aromatic heterocycles. The maximum atomic E-state index is 10.9. The molecule has 12 heavy (non-hydrogen) atoms. The van der Waals surface area contributed by atoms with Crippen LogP contribution in [0, 0.1) is 6.92 Å². The fraction of sp³-hybridized carbons (Fsp3) is 0.500. The van der Waals surface area contributed by atoms with Crippen molar-refractivity contribution in [2.75, 3.05) is 0 Å². The number of primary amides is 1. The Bertz CT molecular complexity index is 340. The summed E-state index contributed by atoms with van der Waals surface area (Å²) in [6.07, 6.45) is 2.15. The molecule has 0 atom stereocenters. The van der Waals surface area contributed by atoms with Gasteiger partial charge in [0, 0.05) is 17.8 Å². The van der Waals surface area contributed by atoms with Crippen LogP contribution in [-0.2, 0) is 13.0 Å². The van der Waals surface area contributed by atoms with Crippen LogP contribution >= 0.6 is 0 Å². The highest BCUT2D eigenvalue weighted by molar-refractivity contribution is 5.92. The highest BCUT2D eigenvalue weighted by Crippen LogP contribution is 2.20. The van der Waals surface area contributed by atoms with Crippen molar-refractivity contribution >= 4 is 5.91 Å². The van der Waals surface area contributed by atoms with Crippen LogP contribution in [0.4, 0.5) is 0 Å². The minimum atomic E-state index is -0.422. The molecule has 0 aliphatic carbocycles. The molecule has 64 valence electrons. The number of fused-ring (bicyclic) bond motifs is 1. The SMILES string of the molecule is Cc1c(C(N)=O)nn2c1CCC2. The second-order valence-corrected chi connectivity index (χ2v) is 3.11. The highest BCUT2D eigenvalue weighted by Gasteiger charge is 2.20. The smallest absolute Gasteiger partial charge is 0.269 e. The number of carbonyl (C=O) groups excluding carboxylic acids is 1. The predicted octanol–water partition coefficient (Wildman–Crippen LogP) is 0.237. The minimum absolute atomic E-state index is 0.422. The predicted molar refractivity (Wildman–Crippen MR) is 43.8 cm³/mol. The van der Waals surface area contributed by atoms with Gasteiger partial charge in [0.1, 0.15) is 0 Å². The van der Waals surface area contributed by atoms with Crippen molar-refractivity contribution in [2.45, 2.75) is 26.3 Å². The first kappa shape index (κ1) is 7.34. The molecule has 1 aliphatic rings. The Hall–Kier alpha value is -1.32.